The Morgan fingerprint density at radius 1 is 1.60 bits per heavy atom. The van der Waals surface area contributed by atoms with Gasteiger partial charge >= 0.3 is 5.97 Å². The van der Waals surface area contributed by atoms with Crippen LogP contribution in [0.5, 0.6) is 0 Å². The molecule has 20 heavy (non-hydrogen) atoms. The van der Waals surface area contributed by atoms with Crippen LogP contribution < -0.4 is 4.72 Å². The molecule has 2 unspecified atom stereocenters. The summed E-state index contributed by atoms with van der Waals surface area (Å²) in [6.07, 6.45) is 1.94. The van der Waals surface area contributed by atoms with Crippen LogP contribution in [0.15, 0.2) is 20.0 Å². The molecule has 0 spiro atoms. The number of aromatic carboxylic acids is 1. The van der Waals surface area contributed by atoms with Gasteiger partial charge in [0.1, 0.15) is 4.90 Å². The Morgan fingerprint density at radius 3 is 2.65 bits per heavy atom. The summed E-state index contributed by atoms with van der Waals surface area (Å²) in [5, 5.41) is 8.75. The van der Waals surface area contributed by atoms with Gasteiger partial charge in [-0.1, -0.05) is 0 Å². The molecule has 0 aliphatic carbocycles. The van der Waals surface area contributed by atoms with Crippen LogP contribution in [0.1, 0.15) is 23.9 Å². The molecule has 0 bridgehead atoms. The van der Waals surface area contributed by atoms with Crippen molar-refractivity contribution in [1.29, 1.82) is 0 Å². The predicted octanol–water partition coefficient (Wildman–Crippen LogP) is 1.18. The number of rotatable bonds is 7. The number of carboxylic acids is 1. The lowest BCUT2D eigenvalue weighted by molar-refractivity contribution is 0.0661. The maximum absolute atomic E-state index is 12.1. The monoisotopic (exact) mass is 387 g/mol. The summed E-state index contributed by atoms with van der Waals surface area (Å²) >= 11 is 2.88. The van der Waals surface area contributed by atoms with Gasteiger partial charge in [0.25, 0.3) is 0 Å². The second-order valence-corrected chi connectivity index (χ2v) is 8.10. The average molecular weight is 388 g/mol. The van der Waals surface area contributed by atoms with Gasteiger partial charge in [0.15, 0.2) is 4.67 Å². The molecule has 10 heteroatoms. The Morgan fingerprint density at radius 2 is 2.20 bits per heavy atom. The maximum atomic E-state index is 12.1. The Kier molecular flexibility index (Phi) is 5.92. The lowest BCUT2D eigenvalue weighted by Crippen LogP contribution is -2.33. The van der Waals surface area contributed by atoms with Crippen LogP contribution in [0.4, 0.5) is 0 Å². The second-order valence-electron chi connectivity index (χ2n) is 4.14. The van der Waals surface area contributed by atoms with E-state index >= 15 is 0 Å². The molecule has 0 radical (unpaired) electrons. The Labute approximate surface area is 127 Å². The van der Waals surface area contributed by atoms with Crippen molar-refractivity contribution in [3.05, 3.63) is 16.5 Å². The number of furan rings is 1. The van der Waals surface area contributed by atoms with Gasteiger partial charge in [-0.3, -0.25) is 4.21 Å². The van der Waals surface area contributed by atoms with Crippen LogP contribution in [0.25, 0.3) is 0 Å². The number of carbonyl (C=O) groups is 1. The molecular weight excluding hydrogens is 374 g/mol. The van der Waals surface area contributed by atoms with E-state index in [4.69, 9.17) is 9.52 Å². The third-order valence-electron chi connectivity index (χ3n) is 2.35. The Bertz CT molecular complexity index is 624. The van der Waals surface area contributed by atoms with E-state index < -0.39 is 38.6 Å². The number of hydrogen-bond donors (Lipinski definition) is 2. The molecule has 1 heterocycles. The van der Waals surface area contributed by atoms with E-state index in [1.807, 2.05) is 0 Å². The van der Waals surface area contributed by atoms with Gasteiger partial charge in [-0.2, -0.15) is 0 Å². The number of halogens is 1. The van der Waals surface area contributed by atoms with E-state index in [0.717, 1.165) is 6.07 Å². The van der Waals surface area contributed by atoms with Crippen LogP contribution >= 0.6 is 15.9 Å². The standard InChI is InChI=1S/C10H14BrNO6S2/c1-6(3-4-19(2)15)12-20(16,17)8-5-7(10(13)14)18-9(8)11/h5-6,12H,3-4H2,1-2H3,(H,13,14). The van der Waals surface area contributed by atoms with Crippen LogP contribution in [-0.4, -0.2) is 41.8 Å². The van der Waals surface area contributed by atoms with Crippen LogP contribution in [-0.2, 0) is 20.8 Å². The highest BCUT2D eigenvalue weighted by atomic mass is 79.9. The summed E-state index contributed by atoms with van der Waals surface area (Å²) < 4.78 is 42.1. The van der Waals surface area contributed by atoms with Crippen molar-refractivity contribution in [3.8, 4) is 0 Å². The van der Waals surface area contributed by atoms with Crippen molar-refractivity contribution in [2.75, 3.05) is 12.0 Å². The quantitative estimate of drug-likeness (QED) is 0.725. The van der Waals surface area contributed by atoms with Crippen molar-refractivity contribution in [3.63, 3.8) is 0 Å². The van der Waals surface area contributed by atoms with Gasteiger partial charge in [-0.15, -0.1) is 0 Å². The summed E-state index contributed by atoms with van der Waals surface area (Å²) in [4.78, 5) is 10.5. The minimum atomic E-state index is -3.90. The fourth-order valence-corrected chi connectivity index (χ4v) is 4.27. The first-order chi connectivity index (χ1) is 9.13. The summed E-state index contributed by atoms with van der Waals surface area (Å²) in [5.41, 5.74) is 0. The molecule has 1 rings (SSSR count). The number of hydrogen-bond acceptors (Lipinski definition) is 5. The summed E-state index contributed by atoms with van der Waals surface area (Å²) in [6.45, 7) is 1.64. The predicted molar refractivity (Wildman–Crippen MR) is 76.7 cm³/mol. The van der Waals surface area contributed by atoms with Crippen molar-refractivity contribution in [1.82, 2.24) is 4.72 Å². The minimum absolute atomic E-state index is 0.173. The largest absolute Gasteiger partial charge is 0.475 e. The third kappa shape index (κ3) is 4.69. The van der Waals surface area contributed by atoms with Crippen LogP contribution in [0.3, 0.4) is 0 Å². The van der Waals surface area contributed by atoms with Gasteiger partial charge in [-0.25, -0.2) is 17.9 Å². The molecule has 0 fully saturated rings. The first-order valence-corrected chi connectivity index (χ1v) is 9.49. The molecule has 1 aromatic heterocycles. The van der Waals surface area contributed by atoms with Crippen molar-refractivity contribution in [2.45, 2.75) is 24.3 Å². The second kappa shape index (κ2) is 6.83. The molecule has 0 saturated heterocycles. The van der Waals surface area contributed by atoms with Gasteiger partial charge in [0, 0.05) is 34.9 Å². The normalized spacial score (nSPS) is 14.9. The fraction of sp³-hybridized carbons (Fsp3) is 0.500. The number of nitrogens with one attached hydrogen (secondary N) is 1. The molecule has 114 valence electrons. The SMILES string of the molecule is CC(CCS(C)=O)NS(=O)(=O)c1cc(C(=O)O)oc1Br. The highest BCUT2D eigenvalue weighted by Gasteiger charge is 2.26. The lowest BCUT2D eigenvalue weighted by Gasteiger charge is -2.12. The van der Waals surface area contributed by atoms with Crippen LogP contribution in [0.2, 0.25) is 0 Å². The molecule has 0 aliphatic heterocycles. The van der Waals surface area contributed by atoms with Crippen molar-refractivity contribution >= 4 is 42.7 Å². The molecule has 0 saturated carbocycles. The molecular formula is C10H14BrNO6S2. The zero-order valence-electron chi connectivity index (χ0n) is 10.8. The van der Waals surface area contributed by atoms with Gasteiger partial charge in [-0.05, 0) is 29.3 Å². The third-order valence-corrected chi connectivity index (χ3v) is 5.61. The molecule has 0 amide bonds. The highest BCUT2D eigenvalue weighted by molar-refractivity contribution is 9.10. The maximum Gasteiger partial charge on any atom is 0.371 e. The van der Waals surface area contributed by atoms with Crippen molar-refractivity contribution in [2.24, 2.45) is 0 Å². The smallest absolute Gasteiger partial charge is 0.371 e. The first-order valence-electron chi connectivity index (χ1n) is 5.48. The topological polar surface area (TPSA) is 114 Å². The average Bonchev–Trinajstić information content (AvgIpc) is 2.69. The van der Waals surface area contributed by atoms with E-state index in [9.17, 15) is 17.4 Å². The minimum Gasteiger partial charge on any atom is -0.475 e. The van der Waals surface area contributed by atoms with E-state index in [1.165, 1.54) is 6.26 Å². The van der Waals surface area contributed by atoms with E-state index in [0.29, 0.717) is 12.2 Å². The van der Waals surface area contributed by atoms with E-state index in [2.05, 4.69) is 20.7 Å². The molecule has 0 aromatic carbocycles. The van der Waals surface area contributed by atoms with E-state index in [-0.39, 0.29) is 9.56 Å². The number of carboxylic acid groups (broad SMARTS) is 1. The lowest BCUT2D eigenvalue weighted by atomic mass is 10.3. The molecule has 0 aliphatic rings. The molecule has 7 nitrogen and oxygen atoms in total. The zero-order chi connectivity index (χ0) is 15.5. The van der Waals surface area contributed by atoms with Gasteiger partial charge in [0.05, 0.1) is 0 Å². The molecule has 2 N–H and O–H groups in total. The van der Waals surface area contributed by atoms with E-state index in [1.54, 1.807) is 6.92 Å². The Balaban J connectivity index is 2.88. The zero-order valence-corrected chi connectivity index (χ0v) is 14.0. The molecule has 1 aromatic rings. The van der Waals surface area contributed by atoms with Gasteiger partial charge < -0.3 is 9.52 Å². The summed E-state index contributed by atoms with van der Waals surface area (Å²) in [7, 11) is -4.91. The fourth-order valence-electron chi connectivity index (χ4n) is 1.37. The first kappa shape index (κ1) is 17.3. The van der Waals surface area contributed by atoms with Gasteiger partial charge in [0.2, 0.25) is 15.8 Å². The Hall–Kier alpha value is -0.710. The van der Waals surface area contributed by atoms with Crippen molar-refractivity contribution < 1.29 is 26.9 Å². The number of sulfonamides is 1. The highest BCUT2D eigenvalue weighted by Crippen LogP contribution is 2.26. The summed E-state index contributed by atoms with van der Waals surface area (Å²) in [5.74, 6) is -1.46. The summed E-state index contributed by atoms with van der Waals surface area (Å²) in [6, 6.07) is 0.499. The molecule has 2 atom stereocenters. The van der Waals surface area contributed by atoms with Crippen LogP contribution in [0, 0.1) is 0 Å².